The van der Waals surface area contributed by atoms with E-state index in [0.29, 0.717) is 18.8 Å². The molecule has 4 atom stereocenters. The summed E-state index contributed by atoms with van der Waals surface area (Å²) >= 11 is 0. The number of carbonyl (C=O) groups excluding carboxylic acids is 1. The van der Waals surface area contributed by atoms with Crippen LogP contribution in [0.25, 0.3) is 0 Å². The summed E-state index contributed by atoms with van der Waals surface area (Å²) in [4.78, 5) is 23.4. The van der Waals surface area contributed by atoms with Gasteiger partial charge in [-0.25, -0.2) is 0 Å². The number of carboxylic acids is 1. The molecule has 0 bridgehead atoms. The molecule has 1 saturated carbocycles. The van der Waals surface area contributed by atoms with Gasteiger partial charge >= 0.3 is 5.97 Å². The molecule has 1 fully saturated rings. The van der Waals surface area contributed by atoms with Gasteiger partial charge in [-0.1, -0.05) is 41.0 Å². The summed E-state index contributed by atoms with van der Waals surface area (Å²) in [6.07, 6.45) is 2.96. The van der Waals surface area contributed by atoms with Crippen LogP contribution in [0, 0.1) is 23.2 Å². The predicted octanol–water partition coefficient (Wildman–Crippen LogP) is 3.06. The Labute approximate surface area is 122 Å². The summed E-state index contributed by atoms with van der Waals surface area (Å²) in [5.74, 6) is -0.376. The first-order chi connectivity index (χ1) is 9.20. The number of hydrogen-bond acceptors (Lipinski definition) is 2. The monoisotopic (exact) mass is 283 g/mol. The first-order valence-corrected chi connectivity index (χ1v) is 7.72. The second-order valence-electron chi connectivity index (χ2n) is 6.97. The largest absolute Gasteiger partial charge is 0.481 e. The van der Waals surface area contributed by atoms with E-state index in [2.05, 4.69) is 26.1 Å². The summed E-state index contributed by atoms with van der Waals surface area (Å²) < 4.78 is 0. The molecule has 0 aromatic heterocycles. The van der Waals surface area contributed by atoms with Crippen LogP contribution in [-0.4, -0.2) is 23.0 Å². The maximum Gasteiger partial charge on any atom is 0.307 e. The molecule has 20 heavy (non-hydrogen) atoms. The van der Waals surface area contributed by atoms with Crippen molar-refractivity contribution in [1.82, 2.24) is 5.32 Å². The van der Waals surface area contributed by atoms with E-state index in [0.717, 1.165) is 12.8 Å². The van der Waals surface area contributed by atoms with Gasteiger partial charge in [0.1, 0.15) is 0 Å². The second-order valence-corrected chi connectivity index (χ2v) is 6.97. The van der Waals surface area contributed by atoms with Crippen molar-refractivity contribution in [1.29, 1.82) is 0 Å². The molecule has 0 saturated heterocycles. The Hall–Kier alpha value is -1.06. The lowest BCUT2D eigenvalue weighted by molar-refractivity contribution is -0.150. The average molecular weight is 283 g/mol. The lowest BCUT2D eigenvalue weighted by atomic mass is 9.61. The molecule has 116 valence electrons. The molecular weight excluding hydrogens is 254 g/mol. The van der Waals surface area contributed by atoms with Crippen LogP contribution in [0.3, 0.4) is 0 Å². The van der Waals surface area contributed by atoms with E-state index in [-0.39, 0.29) is 29.2 Å². The Morgan fingerprint density at radius 2 is 1.95 bits per heavy atom. The van der Waals surface area contributed by atoms with Gasteiger partial charge < -0.3 is 10.4 Å². The SMILES string of the molecule is CCC(C)CC(=O)NC1CCC(C(=O)O)C(C)(C)C1C. The van der Waals surface area contributed by atoms with Crippen molar-refractivity contribution in [3.63, 3.8) is 0 Å². The minimum atomic E-state index is -0.716. The van der Waals surface area contributed by atoms with Crippen molar-refractivity contribution < 1.29 is 14.7 Å². The van der Waals surface area contributed by atoms with Gasteiger partial charge in [-0.2, -0.15) is 0 Å². The maximum atomic E-state index is 12.0. The van der Waals surface area contributed by atoms with E-state index in [1.807, 2.05) is 13.8 Å². The molecule has 2 N–H and O–H groups in total. The van der Waals surface area contributed by atoms with E-state index in [1.165, 1.54) is 0 Å². The molecule has 0 heterocycles. The second kappa shape index (κ2) is 6.59. The van der Waals surface area contributed by atoms with E-state index >= 15 is 0 Å². The van der Waals surface area contributed by atoms with Crippen molar-refractivity contribution in [2.75, 3.05) is 0 Å². The number of aliphatic carboxylic acids is 1. The number of hydrogen-bond donors (Lipinski definition) is 2. The molecular formula is C16H29NO3. The van der Waals surface area contributed by atoms with Crippen LogP contribution in [0.4, 0.5) is 0 Å². The molecule has 0 spiro atoms. The molecule has 1 aliphatic rings. The fourth-order valence-corrected chi connectivity index (χ4v) is 3.17. The third-order valence-electron chi connectivity index (χ3n) is 5.32. The van der Waals surface area contributed by atoms with Gasteiger partial charge in [0, 0.05) is 12.5 Å². The third kappa shape index (κ3) is 3.74. The van der Waals surface area contributed by atoms with E-state index in [9.17, 15) is 14.7 Å². The molecule has 1 amide bonds. The fraction of sp³-hybridized carbons (Fsp3) is 0.875. The number of nitrogens with one attached hydrogen (secondary N) is 1. The number of rotatable bonds is 5. The zero-order chi connectivity index (χ0) is 15.5. The molecule has 0 radical (unpaired) electrons. The zero-order valence-corrected chi connectivity index (χ0v) is 13.4. The van der Waals surface area contributed by atoms with E-state index < -0.39 is 5.97 Å². The number of carbonyl (C=O) groups is 2. The average Bonchev–Trinajstić information content (AvgIpc) is 2.34. The van der Waals surface area contributed by atoms with E-state index in [4.69, 9.17) is 0 Å². The van der Waals surface area contributed by atoms with Gasteiger partial charge in [0.05, 0.1) is 5.92 Å². The summed E-state index contributed by atoms with van der Waals surface area (Å²) in [6, 6.07) is 0.0946. The van der Waals surface area contributed by atoms with Gasteiger partial charge in [-0.3, -0.25) is 9.59 Å². The van der Waals surface area contributed by atoms with Crippen molar-refractivity contribution in [3.05, 3.63) is 0 Å². The van der Waals surface area contributed by atoms with Crippen LogP contribution >= 0.6 is 0 Å². The molecule has 1 rings (SSSR count). The maximum absolute atomic E-state index is 12.0. The van der Waals surface area contributed by atoms with Crippen LogP contribution in [0.15, 0.2) is 0 Å². The van der Waals surface area contributed by atoms with Crippen molar-refractivity contribution in [3.8, 4) is 0 Å². The lowest BCUT2D eigenvalue weighted by Crippen LogP contribution is -2.52. The predicted molar refractivity (Wildman–Crippen MR) is 79.3 cm³/mol. The van der Waals surface area contributed by atoms with Crippen LogP contribution < -0.4 is 5.32 Å². The standard InChI is InChI=1S/C16H29NO3/c1-6-10(2)9-14(18)17-13-8-7-12(15(19)20)16(4,5)11(13)3/h10-13H,6-9H2,1-5H3,(H,17,18)(H,19,20). The Morgan fingerprint density at radius 3 is 2.45 bits per heavy atom. The Kier molecular flexibility index (Phi) is 5.60. The van der Waals surface area contributed by atoms with Crippen LogP contribution in [0.2, 0.25) is 0 Å². The highest BCUT2D eigenvalue weighted by Crippen LogP contribution is 2.45. The van der Waals surface area contributed by atoms with Crippen LogP contribution in [-0.2, 0) is 9.59 Å². The minimum absolute atomic E-state index is 0.0946. The quantitative estimate of drug-likeness (QED) is 0.815. The Bertz CT molecular complexity index is 365. The number of amides is 1. The van der Waals surface area contributed by atoms with Gasteiger partial charge in [0.15, 0.2) is 0 Å². The highest BCUT2D eigenvalue weighted by Gasteiger charge is 2.46. The van der Waals surface area contributed by atoms with Crippen LogP contribution in [0.1, 0.15) is 60.3 Å². The molecule has 4 nitrogen and oxygen atoms in total. The zero-order valence-electron chi connectivity index (χ0n) is 13.4. The number of carboxylic acid groups (broad SMARTS) is 1. The molecule has 0 aliphatic heterocycles. The molecule has 0 aromatic rings. The van der Waals surface area contributed by atoms with Crippen molar-refractivity contribution in [2.45, 2.75) is 66.3 Å². The van der Waals surface area contributed by atoms with Gasteiger partial charge in [-0.05, 0) is 30.1 Å². The Morgan fingerprint density at radius 1 is 1.35 bits per heavy atom. The minimum Gasteiger partial charge on any atom is -0.481 e. The van der Waals surface area contributed by atoms with Crippen molar-refractivity contribution in [2.24, 2.45) is 23.2 Å². The lowest BCUT2D eigenvalue weighted by Gasteiger charge is -2.46. The summed E-state index contributed by atoms with van der Waals surface area (Å²) in [5, 5.41) is 12.4. The summed E-state index contributed by atoms with van der Waals surface area (Å²) in [5.41, 5.74) is -0.293. The summed E-state index contributed by atoms with van der Waals surface area (Å²) in [7, 11) is 0. The third-order valence-corrected chi connectivity index (χ3v) is 5.32. The van der Waals surface area contributed by atoms with E-state index in [1.54, 1.807) is 0 Å². The Balaban J connectivity index is 2.66. The van der Waals surface area contributed by atoms with Gasteiger partial charge in [0.2, 0.25) is 5.91 Å². The van der Waals surface area contributed by atoms with Gasteiger partial charge in [0.25, 0.3) is 0 Å². The van der Waals surface area contributed by atoms with Crippen molar-refractivity contribution >= 4 is 11.9 Å². The topological polar surface area (TPSA) is 66.4 Å². The molecule has 0 aromatic carbocycles. The molecule has 4 unspecified atom stereocenters. The normalized spacial score (nSPS) is 30.6. The molecule has 4 heteroatoms. The highest BCUT2D eigenvalue weighted by molar-refractivity contribution is 5.76. The van der Waals surface area contributed by atoms with Gasteiger partial charge in [-0.15, -0.1) is 0 Å². The molecule has 1 aliphatic carbocycles. The highest BCUT2D eigenvalue weighted by atomic mass is 16.4. The first-order valence-electron chi connectivity index (χ1n) is 7.72. The van der Waals surface area contributed by atoms with Crippen LogP contribution in [0.5, 0.6) is 0 Å². The first kappa shape index (κ1) is 17.0. The smallest absolute Gasteiger partial charge is 0.307 e. The fourth-order valence-electron chi connectivity index (χ4n) is 3.17. The summed E-state index contributed by atoms with van der Waals surface area (Å²) in [6.45, 7) is 10.2.